The van der Waals surface area contributed by atoms with Crippen LogP contribution in [0.3, 0.4) is 0 Å². The SMILES string of the molecule is CCCCCCCCCCCCC/C=C/[C@@H](O)[C@H](CO[C@H]1O[C@H](CO)[C@@H](O[C@@H]2OC(CO)[C@H](O[C@@H]3OC(CO)[C@H](O)[C@H](O[C@@H]4OC(CO)[C@H](O)[C@H](O)C4C)C3NC(C)=O)[C@H](O[C@]3(C(=O)O)CC(O)[C@H](C)[C@H]([C@H](O)[C@H](O)CO)O3)C2O)C(O)C1O)NC(=O)CCCCCCCCCCCCCCCCC. The predicted octanol–water partition coefficient (Wildman–Crippen LogP) is 1.36. The number of amides is 2. The van der Waals surface area contributed by atoms with E-state index < -0.39 is 229 Å². The Morgan fingerprint density at radius 1 is 0.519 bits per heavy atom. The van der Waals surface area contributed by atoms with Crippen molar-refractivity contribution in [2.45, 2.75) is 380 Å². The van der Waals surface area contributed by atoms with Gasteiger partial charge in [-0.3, -0.25) is 9.59 Å². The lowest BCUT2D eigenvalue weighted by Gasteiger charge is -2.52. The zero-order valence-corrected chi connectivity index (χ0v) is 62.0. The van der Waals surface area contributed by atoms with Crippen LogP contribution in [0.1, 0.15) is 221 Å². The van der Waals surface area contributed by atoms with Crippen molar-refractivity contribution in [2.75, 3.05) is 39.6 Å². The zero-order valence-electron chi connectivity index (χ0n) is 62.0. The lowest BCUT2D eigenvalue weighted by Crippen LogP contribution is -2.71. The number of aliphatic carboxylic acids is 1. The Balaban J connectivity index is 1.37. The van der Waals surface area contributed by atoms with E-state index in [9.17, 15) is 96.1 Å². The second-order valence-electron chi connectivity index (χ2n) is 29.3. The maximum Gasteiger partial charge on any atom is 0.364 e. The van der Waals surface area contributed by atoms with Crippen molar-refractivity contribution < 1.29 is 143 Å². The van der Waals surface area contributed by atoms with Gasteiger partial charge in [0.2, 0.25) is 11.8 Å². The van der Waals surface area contributed by atoms with Crippen LogP contribution in [0.25, 0.3) is 0 Å². The molecule has 5 fully saturated rings. The van der Waals surface area contributed by atoms with Gasteiger partial charge in [0.15, 0.2) is 25.2 Å². The molecule has 28 atom stereocenters. The number of hydrogen-bond donors (Lipinski definition) is 18. The molecule has 0 saturated carbocycles. The number of hydrogen-bond acceptors (Lipinski definition) is 28. The summed E-state index contributed by atoms with van der Waals surface area (Å²) in [5.74, 6) is -8.70. The Kier molecular flexibility index (Phi) is 43.0. The number of carbonyl (C=O) groups is 3. The average Bonchev–Trinajstić information content (AvgIpc) is 0.742. The fraction of sp³-hybridized carbons (Fsp3) is 0.932. The molecule has 31 nitrogen and oxygen atoms in total. The zero-order chi connectivity index (χ0) is 76.5. The average molecular weight is 1500 g/mol. The number of aliphatic hydroxyl groups is 15. The van der Waals surface area contributed by atoms with Gasteiger partial charge in [-0.2, -0.15) is 0 Å². The number of unbranched alkanes of at least 4 members (excludes halogenated alkanes) is 25. The van der Waals surface area contributed by atoms with Crippen molar-refractivity contribution >= 4 is 17.8 Å². The third-order valence-corrected chi connectivity index (χ3v) is 20.9. The van der Waals surface area contributed by atoms with Gasteiger partial charge in [0.1, 0.15) is 97.6 Å². The number of ether oxygens (including phenoxy) is 10. The molecule has 0 aromatic carbocycles. The first kappa shape index (κ1) is 91.8. The van der Waals surface area contributed by atoms with Crippen LogP contribution in [0.2, 0.25) is 0 Å². The van der Waals surface area contributed by atoms with E-state index in [2.05, 4.69) is 24.5 Å². The Morgan fingerprint density at radius 3 is 1.51 bits per heavy atom. The van der Waals surface area contributed by atoms with Gasteiger partial charge in [-0.05, 0) is 19.3 Å². The summed E-state index contributed by atoms with van der Waals surface area (Å²) >= 11 is 0. The van der Waals surface area contributed by atoms with Gasteiger partial charge >= 0.3 is 5.97 Å². The first-order valence-corrected chi connectivity index (χ1v) is 38.7. The van der Waals surface area contributed by atoms with E-state index in [-0.39, 0.29) is 12.3 Å². The molecular weight excluding hydrogens is 1370 g/mol. The number of carboxylic acids is 1. The standard InChI is InChI=1S/C73H132N2O29/c1-6-8-10-12-14-16-18-20-21-23-25-27-29-31-33-35-54(85)75-46(47(82)34-32-30-28-26-24-22-19-17-15-13-11-9-7-2)42-95-70-61(91)60(90)64(52(40-79)98-70)100-71-62(92)67(104-73(72(93)94)36-48(83)43(3)63(103-73)57(87)49(84)37-76)65(53(41-80)99-71)101-69-55(74-45(5)81)66(59(89)51(39-78)97-69)102-68-44(4)56(86)58(88)50(38-77)96-68/h32,34,43-44,46-53,55-71,76-80,82-84,86-92H,6-31,33,35-42H2,1-5H3,(H,74,81)(H,75,85)(H,93,94)/b34-32+/t43-,44?,46-,47+,48?,49+,50?,51?,52+,53?,55?,56+,57+,58-,59-,60?,61?,62?,63+,64+,65-,66+,67+,68-,69-,70-,71-,73-/m0/s1. The molecule has 0 spiro atoms. The van der Waals surface area contributed by atoms with E-state index in [1.165, 1.54) is 123 Å². The minimum absolute atomic E-state index is 0.156. The molecule has 9 unspecified atom stereocenters. The van der Waals surface area contributed by atoms with Crippen LogP contribution in [0.5, 0.6) is 0 Å². The summed E-state index contributed by atoms with van der Waals surface area (Å²) in [6.07, 6.45) is -10.0. The summed E-state index contributed by atoms with van der Waals surface area (Å²) < 4.78 is 60.9. The normalized spacial score (nSPS) is 35.3. The Bertz CT molecular complexity index is 2370. The summed E-state index contributed by atoms with van der Waals surface area (Å²) in [6, 6.07) is -2.86. The van der Waals surface area contributed by atoms with Crippen LogP contribution < -0.4 is 10.6 Å². The minimum Gasteiger partial charge on any atom is -0.477 e. The van der Waals surface area contributed by atoms with E-state index in [4.69, 9.17) is 47.4 Å². The number of carboxylic acid groups (broad SMARTS) is 1. The van der Waals surface area contributed by atoms with Crippen LogP contribution in [0, 0.1) is 11.8 Å². The van der Waals surface area contributed by atoms with Crippen molar-refractivity contribution in [3.63, 3.8) is 0 Å². The third kappa shape index (κ3) is 27.9. The first-order valence-electron chi connectivity index (χ1n) is 38.7. The lowest BCUT2D eigenvalue weighted by molar-refractivity contribution is -0.404. The maximum absolute atomic E-state index is 13.7. The molecule has 104 heavy (non-hydrogen) atoms. The highest BCUT2D eigenvalue weighted by Gasteiger charge is 2.61. The highest BCUT2D eigenvalue weighted by Crippen LogP contribution is 2.42. The largest absolute Gasteiger partial charge is 0.477 e. The Labute approximate surface area is 613 Å². The molecule has 5 aliphatic rings. The van der Waals surface area contributed by atoms with Gasteiger partial charge in [-0.25, -0.2) is 4.79 Å². The Hall–Kier alpha value is -2.85. The molecule has 5 rings (SSSR count). The molecule has 18 N–H and O–H groups in total. The molecule has 5 aliphatic heterocycles. The van der Waals surface area contributed by atoms with Crippen molar-refractivity contribution in [2.24, 2.45) is 11.8 Å². The Morgan fingerprint density at radius 2 is 0.990 bits per heavy atom. The monoisotopic (exact) mass is 1500 g/mol. The van der Waals surface area contributed by atoms with Gasteiger partial charge in [-0.15, -0.1) is 0 Å². The number of carbonyl (C=O) groups excluding carboxylic acids is 2. The summed E-state index contributed by atoms with van der Waals surface area (Å²) in [5.41, 5.74) is 0. The molecule has 0 radical (unpaired) electrons. The fourth-order valence-electron chi connectivity index (χ4n) is 14.3. The highest BCUT2D eigenvalue weighted by atomic mass is 16.8. The third-order valence-electron chi connectivity index (χ3n) is 20.9. The van der Waals surface area contributed by atoms with Gasteiger partial charge in [-0.1, -0.05) is 194 Å². The van der Waals surface area contributed by atoms with Gasteiger partial charge < -0.3 is 140 Å². The van der Waals surface area contributed by atoms with Crippen molar-refractivity contribution in [1.29, 1.82) is 0 Å². The summed E-state index contributed by atoms with van der Waals surface area (Å²) in [6.45, 7) is 2.65. The predicted molar refractivity (Wildman–Crippen MR) is 373 cm³/mol. The van der Waals surface area contributed by atoms with Crippen LogP contribution >= 0.6 is 0 Å². The van der Waals surface area contributed by atoms with Crippen molar-refractivity contribution in [3.8, 4) is 0 Å². The molecule has 0 aliphatic carbocycles. The molecular formula is C73H132N2O29. The van der Waals surface area contributed by atoms with Crippen LogP contribution in [0.15, 0.2) is 12.2 Å². The topological polar surface area (TPSA) is 491 Å². The molecule has 0 aromatic heterocycles. The van der Waals surface area contributed by atoms with E-state index in [0.717, 1.165) is 58.3 Å². The van der Waals surface area contributed by atoms with Crippen LogP contribution in [0.4, 0.5) is 0 Å². The molecule has 2 amide bonds. The quantitative estimate of drug-likeness (QED) is 0.0302. The second kappa shape index (κ2) is 48.7. The smallest absolute Gasteiger partial charge is 0.364 e. The first-order chi connectivity index (χ1) is 49.9. The number of rotatable bonds is 51. The number of aliphatic hydroxyl groups excluding tert-OH is 15. The van der Waals surface area contributed by atoms with E-state index in [1.54, 1.807) is 6.08 Å². The van der Waals surface area contributed by atoms with Crippen LogP contribution in [-0.4, -0.2) is 298 Å². The van der Waals surface area contributed by atoms with E-state index in [1.807, 2.05) is 6.08 Å². The van der Waals surface area contributed by atoms with Crippen molar-refractivity contribution in [1.82, 2.24) is 10.6 Å². The fourth-order valence-corrected chi connectivity index (χ4v) is 14.3. The molecule has 0 aromatic rings. The summed E-state index contributed by atoms with van der Waals surface area (Å²) in [4.78, 5) is 40.4. The summed E-state index contributed by atoms with van der Waals surface area (Å²) in [5, 5.41) is 183. The van der Waals surface area contributed by atoms with E-state index >= 15 is 0 Å². The molecule has 5 saturated heterocycles. The lowest BCUT2D eigenvalue weighted by atomic mass is 9.84. The highest BCUT2D eigenvalue weighted by molar-refractivity contribution is 5.76. The van der Waals surface area contributed by atoms with Gasteiger partial charge in [0, 0.05) is 31.6 Å². The second-order valence-corrected chi connectivity index (χ2v) is 29.3. The maximum atomic E-state index is 13.7. The molecule has 0 bridgehead atoms. The van der Waals surface area contributed by atoms with Gasteiger partial charge in [0.25, 0.3) is 5.79 Å². The number of allylic oxidation sites excluding steroid dienone is 1. The number of nitrogens with one attached hydrogen (secondary N) is 2. The van der Waals surface area contributed by atoms with Crippen LogP contribution in [-0.2, 0) is 61.8 Å². The molecule has 31 heteroatoms. The summed E-state index contributed by atoms with van der Waals surface area (Å²) in [7, 11) is 0. The van der Waals surface area contributed by atoms with E-state index in [0.29, 0.717) is 12.8 Å². The minimum atomic E-state index is -3.19. The molecule has 608 valence electrons. The van der Waals surface area contributed by atoms with Gasteiger partial charge in [0.05, 0.1) is 70.1 Å². The van der Waals surface area contributed by atoms with Crippen molar-refractivity contribution in [3.05, 3.63) is 12.2 Å². The molecule has 5 heterocycles.